The van der Waals surface area contributed by atoms with Gasteiger partial charge in [-0.2, -0.15) is 23.5 Å². The van der Waals surface area contributed by atoms with Crippen LogP contribution in [-0.2, 0) is 90.2 Å². The Hall–Kier alpha value is -2.42. The van der Waals surface area contributed by atoms with Gasteiger partial charge in [0.15, 0.2) is 37.7 Å². The Morgan fingerprint density at radius 1 is 0.388 bits per heavy atom. The summed E-state index contributed by atoms with van der Waals surface area (Å²) in [6, 6.07) is -1.17. The first-order valence-electron chi connectivity index (χ1n) is 33.6. The summed E-state index contributed by atoms with van der Waals surface area (Å²) in [5.41, 5.74) is 0. The summed E-state index contributed by atoms with van der Waals surface area (Å²) in [6.07, 6.45) is -69.6. The van der Waals surface area contributed by atoms with E-state index in [2.05, 4.69) is 5.32 Å². The number of carbonyl (C=O) groups excluding carboxylic acids is 2. The largest absolute Gasteiger partial charge is 0.481 e. The van der Waals surface area contributed by atoms with Crippen molar-refractivity contribution in [2.24, 2.45) is 11.8 Å². The van der Waals surface area contributed by atoms with Crippen LogP contribution in [0.4, 0.5) is 0 Å². The van der Waals surface area contributed by atoms with Crippen LogP contribution in [0.1, 0.15) is 32.6 Å². The summed E-state index contributed by atoms with van der Waals surface area (Å²) < 4.78 is 88.0. The van der Waals surface area contributed by atoms with E-state index in [1.54, 1.807) is 0 Å². The first-order chi connectivity index (χ1) is 49.0. The maximum absolute atomic E-state index is 13.0. The summed E-state index contributed by atoms with van der Waals surface area (Å²) in [4.78, 5) is 48.8. The molecule has 43 heteroatoms. The number of Topliss-reactive ketones (excluding diaryl/α,β-unsaturated/α-hetero) is 2. The number of nitrogens with one attached hydrogen (secondary N) is 1. The predicted octanol–water partition coefficient (Wildman–Crippen LogP) is -12.4. The maximum Gasteiger partial charge on any atom is 0.321 e. The first-order valence-corrected chi connectivity index (χ1v) is 35.9. The molecule has 21 aliphatic rings. The van der Waals surface area contributed by atoms with Crippen LogP contribution in [0.2, 0.25) is 0 Å². The first kappa shape index (κ1) is 86.2. The van der Waals surface area contributed by atoms with E-state index in [1.807, 2.05) is 0 Å². The smallest absolute Gasteiger partial charge is 0.321 e. The normalized spacial score (nSPS) is 44.9. The van der Waals surface area contributed by atoms with Crippen LogP contribution in [0, 0.1) is 11.8 Å². The molecule has 14 bridgehead atoms. The molecule has 21 rings (SSSR count). The van der Waals surface area contributed by atoms with Crippen LogP contribution in [0.5, 0.6) is 0 Å². The number of hydrogen-bond acceptors (Lipinski definition) is 41. The topological polar surface area (TPSA) is 644 Å². The Morgan fingerprint density at radius 2 is 0.709 bits per heavy atom. The number of hydrogen-bond donors (Lipinski definition) is 22. The third-order valence-corrected chi connectivity index (χ3v) is 21.5. The third kappa shape index (κ3) is 21.0. The molecule has 21 heterocycles. The zero-order chi connectivity index (χ0) is 75.4. The molecule has 0 spiro atoms. The van der Waals surface area contributed by atoms with Crippen molar-refractivity contribution in [3.8, 4) is 0 Å². The Kier molecular flexibility index (Phi) is 33.5. The quantitative estimate of drug-likeness (QED) is 0.0340. The second-order valence-electron chi connectivity index (χ2n) is 26.2. The van der Waals surface area contributed by atoms with E-state index in [1.165, 1.54) is 14.0 Å². The molecule has 0 aliphatic carbocycles. The molecule has 596 valence electrons. The summed E-state index contributed by atoms with van der Waals surface area (Å²) in [5, 5.41) is 240. The number of carboxylic acid groups (broad SMARTS) is 2. The average Bonchev–Trinajstić information content (AvgIpc) is 0.785. The van der Waals surface area contributed by atoms with Gasteiger partial charge in [-0.15, -0.1) is 0 Å². The summed E-state index contributed by atoms with van der Waals surface area (Å²) in [5.74, 6) is -7.43. The molecule has 41 nitrogen and oxygen atoms in total. The highest BCUT2D eigenvalue weighted by Crippen LogP contribution is 2.41. The van der Waals surface area contributed by atoms with E-state index in [0.717, 1.165) is 23.5 Å². The maximum atomic E-state index is 13.0. The van der Waals surface area contributed by atoms with Crippen LogP contribution >= 0.6 is 23.5 Å². The highest BCUT2D eigenvalue weighted by molar-refractivity contribution is 7.99. The fourth-order valence-corrected chi connectivity index (χ4v) is 15.5. The van der Waals surface area contributed by atoms with Gasteiger partial charge in [-0.3, -0.25) is 19.2 Å². The fraction of sp³-hybridized carbons (Fsp3) is 0.933. The number of aliphatic carboxylic acids is 2. The van der Waals surface area contributed by atoms with Gasteiger partial charge >= 0.3 is 11.9 Å². The van der Waals surface area contributed by atoms with Crippen LogP contribution in [0.25, 0.3) is 0 Å². The number of aliphatic hydroxyl groups is 19. The zero-order valence-electron chi connectivity index (χ0n) is 55.8. The molecular formula is C60H99NO40S2. The number of carbonyl (C=O) groups is 4. The molecule has 21 saturated heterocycles. The van der Waals surface area contributed by atoms with Gasteiger partial charge in [0.1, 0.15) is 158 Å². The zero-order valence-corrected chi connectivity index (χ0v) is 57.5. The molecule has 37 atom stereocenters. The number of ketones is 2. The molecule has 0 amide bonds. The SMILES string of the molecule is CN[C@H](CSCC1O[C@H]2O[C@@H]3C(CO)O[C@H](O[C@@H]4C(CO)O[C@@H](O[C@@H]5C(CO)O[C@H](O[C@@H]6C(CSC[C@@H](CC(=O)CCOCCOCCC(C)=O)C(=O)O)O[C@H](O[C@@H]7C(CO)O[C@@H](C[C@@H]8C(CO)O[C@@H](O[C@H]1[C@H](O)C2O)C(O)[C@H]8O)C(O)[C@H]7O)C(O)[C@H]6O)C(O)[C@H]5O)C(O)[C@H]4O)C(O)[C@H]3O)C(=O)O. The third-order valence-electron chi connectivity index (χ3n) is 19.1. The minimum Gasteiger partial charge on any atom is -0.481 e. The lowest BCUT2D eigenvalue weighted by molar-refractivity contribution is -0.395. The van der Waals surface area contributed by atoms with Gasteiger partial charge < -0.3 is 184 Å². The molecule has 22 N–H and O–H groups in total. The van der Waals surface area contributed by atoms with E-state index in [9.17, 15) is 126 Å². The fourth-order valence-electron chi connectivity index (χ4n) is 13.2. The molecule has 21 aliphatic heterocycles. The molecule has 14 unspecified atom stereocenters. The molecule has 0 aromatic rings. The highest BCUT2D eigenvalue weighted by Gasteiger charge is 2.60. The lowest BCUT2D eigenvalue weighted by Gasteiger charge is -2.50. The van der Waals surface area contributed by atoms with E-state index in [4.69, 9.17) is 71.1 Å². The molecule has 21 fully saturated rings. The number of aliphatic hydroxyl groups excluding tert-OH is 19. The van der Waals surface area contributed by atoms with Crippen LogP contribution in [0.15, 0.2) is 0 Å². The molecule has 0 saturated carbocycles. The molecule has 103 heavy (non-hydrogen) atoms. The van der Waals surface area contributed by atoms with Crippen LogP contribution in [-0.4, -0.2) is 435 Å². The number of thioether (sulfide) groups is 2. The Labute approximate surface area is 596 Å². The van der Waals surface area contributed by atoms with Gasteiger partial charge in [0.05, 0.1) is 95.9 Å². The molecule has 0 aromatic heterocycles. The lowest BCUT2D eigenvalue weighted by Crippen LogP contribution is -2.68. The van der Waals surface area contributed by atoms with Crippen molar-refractivity contribution >= 4 is 47.0 Å². The number of likely N-dealkylation sites (N-methyl/N-ethyl adjacent to an activating group) is 1. The van der Waals surface area contributed by atoms with Gasteiger partial charge in [0.2, 0.25) is 0 Å². The van der Waals surface area contributed by atoms with Crippen molar-refractivity contribution in [3.63, 3.8) is 0 Å². The van der Waals surface area contributed by atoms with Crippen LogP contribution < -0.4 is 5.32 Å². The average molecular weight is 1540 g/mol. The van der Waals surface area contributed by atoms with Crippen molar-refractivity contribution < 1.29 is 197 Å². The summed E-state index contributed by atoms with van der Waals surface area (Å²) in [6.45, 7) is -3.65. The predicted molar refractivity (Wildman–Crippen MR) is 335 cm³/mol. The van der Waals surface area contributed by atoms with Crippen molar-refractivity contribution in [3.05, 3.63) is 0 Å². The van der Waals surface area contributed by atoms with Crippen molar-refractivity contribution in [1.82, 2.24) is 5.32 Å². The van der Waals surface area contributed by atoms with E-state index >= 15 is 0 Å². The number of rotatable bonds is 27. The van der Waals surface area contributed by atoms with Gasteiger partial charge in [0, 0.05) is 48.2 Å². The Balaban J connectivity index is 1.08. The van der Waals surface area contributed by atoms with Crippen molar-refractivity contribution in [1.29, 1.82) is 0 Å². The van der Waals surface area contributed by atoms with E-state index in [0.29, 0.717) is 0 Å². The standard InChI is InChI=1S/C60H99NO40S2/c1-20(67)3-5-87-7-8-88-6-4-22(68)9-21(53(83)84)16-102-18-31-51-39(75)45(81)59(94-31)96-47-27(12-63)89-25(34(70)35(47)71)10-23-26(11-62)90-55(41(77)33(23)69)100-52-32(19-103-17-24(61-2)54(85)86)95-60(46(82)40(52)76)99-50-30(15-66)92-57(43(79)37(50)73)97-48-28(13-64)91-56(42(78)36(48)72)98-49-29(14-65)93-58(101-51)44(80)38(49)74/h21,23-52,55-66,69-82H,3-19H2,1-2H3,(H,83,84)(H,85,86)/t21-,23-,24-,25+,26?,27?,28?,29?,30?,31?,32?,33+,34?,35-,36-,37-,38-,39-,40-,41?,42?,43?,44?,45?,46?,47-,48-,49-,50-,51-,52-,55+,56+,57-,58-,59-,60+/m1/s1. The van der Waals surface area contributed by atoms with Gasteiger partial charge in [-0.05, 0) is 20.4 Å². The number of ether oxygens (including phenoxy) is 15. The van der Waals surface area contributed by atoms with Crippen LogP contribution in [0.3, 0.4) is 0 Å². The minimum absolute atomic E-state index is 0.0701. The Bertz CT molecular complexity index is 2610. The second kappa shape index (κ2) is 40.0. The second-order valence-corrected chi connectivity index (χ2v) is 28.4. The van der Waals surface area contributed by atoms with Crippen molar-refractivity contribution in [2.75, 3.05) is 89.5 Å². The molecule has 0 aromatic carbocycles. The van der Waals surface area contributed by atoms with E-state index in [-0.39, 0.29) is 62.3 Å². The van der Waals surface area contributed by atoms with Crippen molar-refractivity contribution in [2.45, 2.75) is 247 Å². The molecule has 0 radical (unpaired) electrons. The summed E-state index contributed by atoms with van der Waals surface area (Å²) >= 11 is 1.70. The van der Waals surface area contributed by atoms with Gasteiger partial charge in [-0.25, -0.2) is 0 Å². The monoisotopic (exact) mass is 1540 g/mol. The minimum atomic E-state index is -2.30. The highest BCUT2D eigenvalue weighted by atomic mass is 32.2. The summed E-state index contributed by atoms with van der Waals surface area (Å²) in [7, 11) is 1.36. The number of carboxylic acids is 2. The molecular weight excluding hydrogens is 1440 g/mol. The Morgan fingerprint density at radius 3 is 1.06 bits per heavy atom. The van der Waals surface area contributed by atoms with Gasteiger partial charge in [-0.1, -0.05) is 0 Å². The van der Waals surface area contributed by atoms with Gasteiger partial charge in [0.25, 0.3) is 0 Å². The lowest BCUT2D eigenvalue weighted by atomic mass is 9.81. The van der Waals surface area contributed by atoms with E-state index < -0.39 is 296 Å².